The fraction of sp³-hybridized carbons (Fsp3) is 0.900. The van der Waals surface area contributed by atoms with Crippen LogP contribution in [0.4, 0.5) is 0 Å². The maximum absolute atomic E-state index is 11.5. The molecule has 0 radical (unpaired) electrons. The van der Waals surface area contributed by atoms with Crippen LogP contribution < -0.4 is 5.32 Å². The number of hydrogen-bond donors (Lipinski definition) is 1. The Kier molecular flexibility index (Phi) is 3.38. The first-order valence-electron chi connectivity index (χ1n) is 4.87. The lowest BCUT2D eigenvalue weighted by atomic mass is 10.0. The molecule has 1 amide bonds. The first-order chi connectivity index (χ1) is 5.92. The van der Waals surface area contributed by atoms with Crippen molar-refractivity contribution in [2.45, 2.75) is 50.4 Å². The number of halogens is 1. The van der Waals surface area contributed by atoms with E-state index in [0.29, 0.717) is 17.2 Å². The number of rotatable bonds is 4. The van der Waals surface area contributed by atoms with Crippen LogP contribution in [0.1, 0.15) is 40.0 Å². The van der Waals surface area contributed by atoms with Crippen molar-refractivity contribution in [3.8, 4) is 0 Å². The van der Waals surface area contributed by atoms with Crippen LogP contribution in [0, 0.1) is 5.92 Å². The summed E-state index contributed by atoms with van der Waals surface area (Å²) in [6, 6.07) is 0. The normalized spacial score (nSPS) is 19.7. The molecule has 1 N–H and O–H groups in total. The molecule has 1 saturated carbocycles. The van der Waals surface area contributed by atoms with Crippen LogP contribution >= 0.6 is 15.9 Å². The fourth-order valence-electron chi connectivity index (χ4n) is 1.09. The second-order valence-electron chi connectivity index (χ2n) is 4.53. The lowest BCUT2D eigenvalue weighted by molar-refractivity contribution is -0.122. The quantitative estimate of drug-likeness (QED) is 0.761. The summed E-state index contributed by atoms with van der Waals surface area (Å²) in [5.41, 5.74) is -0.147. The molecular formula is C10H18BrNO. The largest absolute Gasteiger partial charge is 0.350 e. The molecule has 0 aromatic heterocycles. The molecule has 0 spiro atoms. The summed E-state index contributed by atoms with van der Waals surface area (Å²) in [4.78, 5) is 11.8. The minimum Gasteiger partial charge on any atom is -0.350 e. The molecule has 1 aliphatic rings. The lowest BCUT2D eigenvalue weighted by Gasteiger charge is -2.29. The Hall–Kier alpha value is -0.0500. The smallest absolute Gasteiger partial charge is 0.220 e. The average Bonchev–Trinajstić information content (AvgIpc) is 2.69. The second-order valence-corrected chi connectivity index (χ2v) is 5.91. The first kappa shape index (κ1) is 11.0. The molecule has 3 heteroatoms. The highest BCUT2D eigenvalue weighted by Crippen LogP contribution is 2.32. The van der Waals surface area contributed by atoms with Crippen molar-refractivity contribution >= 4 is 21.8 Å². The zero-order valence-corrected chi connectivity index (χ0v) is 10.1. The van der Waals surface area contributed by atoms with Crippen LogP contribution in [0.2, 0.25) is 0 Å². The maximum atomic E-state index is 11.5. The van der Waals surface area contributed by atoms with Crippen molar-refractivity contribution in [2.75, 3.05) is 0 Å². The number of nitrogens with one attached hydrogen (secondary N) is 1. The van der Waals surface area contributed by atoms with Crippen LogP contribution in [0.5, 0.6) is 0 Å². The average molecular weight is 248 g/mol. The highest BCUT2D eigenvalue weighted by Gasteiger charge is 2.29. The molecule has 0 aliphatic heterocycles. The van der Waals surface area contributed by atoms with E-state index in [4.69, 9.17) is 0 Å². The molecule has 2 nitrogen and oxygen atoms in total. The Labute approximate surface area is 88.6 Å². The Balaban J connectivity index is 2.32. The summed E-state index contributed by atoms with van der Waals surface area (Å²) < 4.78 is 0. The van der Waals surface area contributed by atoms with Gasteiger partial charge in [-0.3, -0.25) is 4.79 Å². The number of carbonyl (C=O) groups is 1. The van der Waals surface area contributed by atoms with Gasteiger partial charge < -0.3 is 5.32 Å². The zero-order valence-electron chi connectivity index (χ0n) is 8.56. The van der Waals surface area contributed by atoms with Gasteiger partial charge in [0.25, 0.3) is 0 Å². The molecule has 1 rings (SSSR count). The minimum absolute atomic E-state index is 0.147. The van der Waals surface area contributed by atoms with Gasteiger partial charge in [-0.15, -0.1) is 0 Å². The van der Waals surface area contributed by atoms with E-state index in [2.05, 4.69) is 28.2 Å². The summed E-state index contributed by atoms with van der Waals surface area (Å²) >= 11 is 3.49. The topological polar surface area (TPSA) is 29.1 Å². The molecule has 1 fully saturated rings. The molecule has 0 heterocycles. The predicted molar refractivity (Wildman–Crippen MR) is 58.0 cm³/mol. The van der Waals surface area contributed by atoms with Gasteiger partial charge in [-0.05, 0) is 32.6 Å². The highest BCUT2D eigenvalue weighted by molar-refractivity contribution is 9.09. The molecule has 0 aromatic rings. The van der Waals surface area contributed by atoms with E-state index in [9.17, 15) is 4.79 Å². The van der Waals surface area contributed by atoms with Crippen molar-refractivity contribution in [3.63, 3.8) is 0 Å². The molecule has 0 aromatic carbocycles. The summed E-state index contributed by atoms with van der Waals surface area (Å²) in [6.07, 6.45) is 3.18. The van der Waals surface area contributed by atoms with Crippen LogP contribution in [-0.4, -0.2) is 16.3 Å². The Bertz CT molecular complexity index is 197. The second kappa shape index (κ2) is 3.99. The summed E-state index contributed by atoms with van der Waals surface area (Å²) in [5, 5.41) is 3.04. The van der Waals surface area contributed by atoms with Crippen LogP contribution in [0.3, 0.4) is 0 Å². The molecule has 13 heavy (non-hydrogen) atoms. The Morgan fingerprint density at radius 2 is 2.15 bits per heavy atom. The third kappa shape index (κ3) is 3.67. The Morgan fingerprint density at radius 1 is 1.62 bits per heavy atom. The minimum atomic E-state index is -0.147. The van der Waals surface area contributed by atoms with Crippen molar-refractivity contribution in [1.29, 1.82) is 0 Å². The van der Waals surface area contributed by atoms with Gasteiger partial charge in [-0.25, -0.2) is 0 Å². The van der Waals surface area contributed by atoms with E-state index in [1.807, 2.05) is 13.8 Å². The summed E-state index contributed by atoms with van der Waals surface area (Å²) in [6.45, 7) is 6.13. The SMILES string of the molecule is CC(Br)C(C)(C)NC(=O)CC1CC1. The standard InChI is InChI=1S/C10H18BrNO/c1-7(11)10(2,3)12-9(13)6-8-4-5-8/h7-8H,4-6H2,1-3H3,(H,12,13). The van der Waals surface area contributed by atoms with Gasteiger partial charge in [-0.2, -0.15) is 0 Å². The van der Waals surface area contributed by atoms with Crippen LogP contribution in [0.15, 0.2) is 0 Å². The zero-order chi connectivity index (χ0) is 10.1. The third-order valence-electron chi connectivity index (χ3n) is 2.63. The number of hydrogen-bond acceptors (Lipinski definition) is 1. The monoisotopic (exact) mass is 247 g/mol. The lowest BCUT2D eigenvalue weighted by Crippen LogP contribution is -2.48. The van der Waals surface area contributed by atoms with Crippen molar-refractivity contribution in [2.24, 2.45) is 5.92 Å². The molecular weight excluding hydrogens is 230 g/mol. The summed E-state index contributed by atoms with van der Waals surface area (Å²) in [7, 11) is 0. The van der Waals surface area contributed by atoms with Gasteiger partial charge in [0.2, 0.25) is 5.91 Å². The van der Waals surface area contributed by atoms with E-state index >= 15 is 0 Å². The molecule has 1 atom stereocenters. The molecule has 1 aliphatic carbocycles. The van der Waals surface area contributed by atoms with E-state index in [1.165, 1.54) is 12.8 Å². The van der Waals surface area contributed by atoms with Gasteiger partial charge in [-0.1, -0.05) is 22.9 Å². The molecule has 1 unspecified atom stereocenters. The third-order valence-corrected chi connectivity index (χ3v) is 3.77. The van der Waals surface area contributed by atoms with Gasteiger partial charge in [0.05, 0.1) is 0 Å². The Morgan fingerprint density at radius 3 is 2.54 bits per heavy atom. The van der Waals surface area contributed by atoms with E-state index in [1.54, 1.807) is 0 Å². The first-order valence-corrected chi connectivity index (χ1v) is 5.78. The maximum Gasteiger partial charge on any atom is 0.220 e. The molecule has 0 bridgehead atoms. The van der Waals surface area contributed by atoms with Crippen molar-refractivity contribution in [1.82, 2.24) is 5.32 Å². The van der Waals surface area contributed by atoms with Gasteiger partial charge in [0.1, 0.15) is 0 Å². The van der Waals surface area contributed by atoms with Crippen molar-refractivity contribution in [3.05, 3.63) is 0 Å². The molecule has 76 valence electrons. The number of amides is 1. The molecule has 0 saturated heterocycles. The van der Waals surface area contributed by atoms with E-state index in [0.717, 1.165) is 0 Å². The van der Waals surface area contributed by atoms with Gasteiger partial charge in [0, 0.05) is 16.8 Å². The fourth-order valence-corrected chi connectivity index (χ4v) is 1.21. The van der Waals surface area contributed by atoms with Gasteiger partial charge >= 0.3 is 0 Å². The van der Waals surface area contributed by atoms with E-state index < -0.39 is 0 Å². The summed E-state index contributed by atoms with van der Waals surface area (Å²) in [5.74, 6) is 0.861. The van der Waals surface area contributed by atoms with Gasteiger partial charge in [0.15, 0.2) is 0 Å². The van der Waals surface area contributed by atoms with Crippen LogP contribution in [-0.2, 0) is 4.79 Å². The predicted octanol–water partition coefficient (Wildman–Crippen LogP) is 2.46. The van der Waals surface area contributed by atoms with Crippen LogP contribution in [0.25, 0.3) is 0 Å². The van der Waals surface area contributed by atoms with E-state index in [-0.39, 0.29) is 11.4 Å². The number of alkyl halides is 1. The number of carbonyl (C=O) groups excluding carboxylic acids is 1. The van der Waals surface area contributed by atoms with Crippen molar-refractivity contribution < 1.29 is 4.79 Å². The highest BCUT2D eigenvalue weighted by atomic mass is 79.9.